The standard InChI is InChI=1S/C10H9FN2OS/c11-7-1-3-8(4-2-7)14-6-9-5-10(12)13-15-9/h1-5H,6H2,(H2,12,13). The molecule has 15 heavy (non-hydrogen) atoms. The van der Waals surface area contributed by atoms with E-state index in [2.05, 4.69) is 4.37 Å². The Morgan fingerprint density at radius 1 is 1.33 bits per heavy atom. The van der Waals surface area contributed by atoms with Crippen molar-refractivity contribution in [2.75, 3.05) is 5.73 Å². The van der Waals surface area contributed by atoms with Crippen molar-refractivity contribution >= 4 is 17.4 Å². The number of hydrogen-bond donors (Lipinski definition) is 1. The first-order chi connectivity index (χ1) is 7.24. The third kappa shape index (κ3) is 2.66. The number of halogens is 1. The van der Waals surface area contributed by atoms with E-state index < -0.39 is 0 Å². The molecule has 0 bridgehead atoms. The van der Waals surface area contributed by atoms with E-state index in [1.54, 1.807) is 18.2 Å². The molecule has 78 valence electrons. The molecule has 0 amide bonds. The van der Waals surface area contributed by atoms with Crippen LogP contribution in [0.4, 0.5) is 10.2 Å². The quantitative estimate of drug-likeness (QED) is 0.871. The van der Waals surface area contributed by atoms with Gasteiger partial charge in [-0.25, -0.2) is 4.39 Å². The molecule has 2 N–H and O–H groups in total. The second-order valence-electron chi connectivity index (χ2n) is 2.96. The topological polar surface area (TPSA) is 48.1 Å². The van der Waals surface area contributed by atoms with Gasteiger partial charge in [-0.1, -0.05) is 0 Å². The average molecular weight is 224 g/mol. The number of benzene rings is 1. The number of aromatic nitrogens is 1. The molecule has 0 atom stereocenters. The predicted molar refractivity (Wildman–Crippen MR) is 57.3 cm³/mol. The number of hydrogen-bond acceptors (Lipinski definition) is 4. The molecule has 0 aliphatic heterocycles. The highest BCUT2D eigenvalue weighted by molar-refractivity contribution is 7.06. The van der Waals surface area contributed by atoms with Gasteiger partial charge in [-0.2, -0.15) is 4.37 Å². The van der Waals surface area contributed by atoms with Crippen molar-refractivity contribution in [3.05, 3.63) is 41.0 Å². The summed E-state index contributed by atoms with van der Waals surface area (Å²) in [5, 5.41) is 0. The summed E-state index contributed by atoms with van der Waals surface area (Å²) < 4.78 is 21.9. The Hall–Kier alpha value is -1.62. The molecule has 0 radical (unpaired) electrons. The number of nitrogens with zero attached hydrogens (tertiary/aromatic N) is 1. The largest absolute Gasteiger partial charge is 0.488 e. The fourth-order valence-corrected chi connectivity index (χ4v) is 1.64. The van der Waals surface area contributed by atoms with E-state index in [0.29, 0.717) is 18.2 Å². The summed E-state index contributed by atoms with van der Waals surface area (Å²) in [6, 6.07) is 7.64. The number of rotatable bonds is 3. The lowest BCUT2D eigenvalue weighted by Gasteiger charge is -2.02. The van der Waals surface area contributed by atoms with E-state index in [1.165, 1.54) is 23.7 Å². The molecular weight excluding hydrogens is 215 g/mol. The van der Waals surface area contributed by atoms with Gasteiger partial charge in [0, 0.05) is 0 Å². The molecule has 0 aliphatic rings. The molecule has 3 nitrogen and oxygen atoms in total. The van der Waals surface area contributed by atoms with Crippen LogP contribution in [0.1, 0.15) is 4.88 Å². The van der Waals surface area contributed by atoms with Crippen LogP contribution in [0, 0.1) is 5.82 Å². The van der Waals surface area contributed by atoms with Gasteiger partial charge >= 0.3 is 0 Å². The highest BCUT2D eigenvalue weighted by atomic mass is 32.1. The van der Waals surface area contributed by atoms with Gasteiger partial charge < -0.3 is 10.5 Å². The first-order valence-electron chi connectivity index (χ1n) is 4.33. The zero-order chi connectivity index (χ0) is 10.7. The second kappa shape index (κ2) is 4.27. The van der Waals surface area contributed by atoms with Gasteiger partial charge in [0.25, 0.3) is 0 Å². The van der Waals surface area contributed by atoms with Crippen LogP contribution >= 0.6 is 11.5 Å². The summed E-state index contributed by atoms with van der Waals surface area (Å²) in [5.74, 6) is 0.852. The van der Waals surface area contributed by atoms with E-state index in [-0.39, 0.29) is 5.82 Å². The number of nitrogen functional groups attached to an aromatic ring is 1. The zero-order valence-corrected chi connectivity index (χ0v) is 8.63. The molecule has 0 saturated heterocycles. The molecule has 0 unspecified atom stereocenters. The molecule has 2 rings (SSSR count). The lowest BCUT2D eigenvalue weighted by Crippen LogP contribution is -1.92. The van der Waals surface area contributed by atoms with Crippen LogP contribution in [-0.4, -0.2) is 4.37 Å². The van der Waals surface area contributed by atoms with Crippen LogP contribution in [0.3, 0.4) is 0 Å². The second-order valence-corrected chi connectivity index (χ2v) is 3.85. The van der Waals surface area contributed by atoms with Crippen LogP contribution in [0.5, 0.6) is 5.75 Å². The van der Waals surface area contributed by atoms with Crippen LogP contribution in [0.25, 0.3) is 0 Å². The Kier molecular flexibility index (Phi) is 2.82. The maximum atomic E-state index is 12.6. The van der Waals surface area contributed by atoms with Crippen LogP contribution < -0.4 is 10.5 Å². The number of nitrogens with two attached hydrogens (primary N) is 1. The molecule has 0 saturated carbocycles. The minimum absolute atomic E-state index is 0.274. The Balaban J connectivity index is 1.96. The monoisotopic (exact) mass is 224 g/mol. The van der Waals surface area contributed by atoms with E-state index in [4.69, 9.17) is 10.5 Å². The van der Waals surface area contributed by atoms with Crippen LogP contribution in [-0.2, 0) is 6.61 Å². The molecule has 0 aliphatic carbocycles. The first-order valence-corrected chi connectivity index (χ1v) is 5.11. The minimum atomic E-state index is -0.274. The smallest absolute Gasteiger partial charge is 0.137 e. The van der Waals surface area contributed by atoms with Gasteiger partial charge in [-0.15, -0.1) is 0 Å². The van der Waals surface area contributed by atoms with E-state index >= 15 is 0 Å². The summed E-state index contributed by atoms with van der Waals surface area (Å²) in [5.41, 5.74) is 5.46. The van der Waals surface area contributed by atoms with E-state index in [1.807, 2.05) is 0 Å². The Morgan fingerprint density at radius 2 is 2.07 bits per heavy atom. The van der Waals surface area contributed by atoms with Gasteiger partial charge in [-0.3, -0.25) is 0 Å². The van der Waals surface area contributed by atoms with Gasteiger partial charge in [0.2, 0.25) is 0 Å². The van der Waals surface area contributed by atoms with E-state index in [9.17, 15) is 4.39 Å². The van der Waals surface area contributed by atoms with E-state index in [0.717, 1.165) is 4.88 Å². The third-order valence-corrected chi connectivity index (χ3v) is 2.54. The average Bonchev–Trinajstić information content (AvgIpc) is 2.64. The molecule has 1 aromatic carbocycles. The Bertz CT molecular complexity index is 441. The number of anilines is 1. The van der Waals surface area contributed by atoms with Crippen LogP contribution in [0.15, 0.2) is 30.3 Å². The maximum absolute atomic E-state index is 12.6. The third-order valence-electron chi connectivity index (χ3n) is 1.77. The molecule has 5 heteroatoms. The molecule has 0 spiro atoms. The van der Waals surface area contributed by atoms with Crippen LogP contribution in [0.2, 0.25) is 0 Å². The highest BCUT2D eigenvalue weighted by Crippen LogP contribution is 2.16. The summed E-state index contributed by atoms with van der Waals surface area (Å²) in [7, 11) is 0. The van der Waals surface area contributed by atoms with Gasteiger partial charge in [0.05, 0.1) is 4.88 Å². The Labute approximate surface area is 90.5 Å². The van der Waals surface area contributed by atoms with Crippen molar-refractivity contribution in [3.63, 3.8) is 0 Å². The van der Waals surface area contributed by atoms with Crippen molar-refractivity contribution in [1.82, 2.24) is 4.37 Å². The van der Waals surface area contributed by atoms with Gasteiger partial charge in [0.1, 0.15) is 24.0 Å². The van der Waals surface area contributed by atoms with Crippen molar-refractivity contribution in [2.45, 2.75) is 6.61 Å². The summed E-state index contributed by atoms with van der Waals surface area (Å²) >= 11 is 1.30. The van der Waals surface area contributed by atoms with Gasteiger partial charge in [-0.05, 0) is 41.9 Å². The fraction of sp³-hybridized carbons (Fsp3) is 0.100. The predicted octanol–water partition coefficient (Wildman–Crippen LogP) is 2.44. The maximum Gasteiger partial charge on any atom is 0.137 e. The molecule has 2 aromatic rings. The fourth-order valence-electron chi connectivity index (χ4n) is 1.08. The summed E-state index contributed by atoms with van der Waals surface area (Å²) in [6.07, 6.45) is 0. The molecule has 1 heterocycles. The normalized spacial score (nSPS) is 10.2. The lowest BCUT2D eigenvalue weighted by atomic mass is 10.3. The molecule has 1 aromatic heterocycles. The zero-order valence-electron chi connectivity index (χ0n) is 7.81. The lowest BCUT2D eigenvalue weighted by molar-refractivity contribution is 0.309. The summed E-state index contributed by atoms with van der Waals surface area (Å²) in [6.45, 7) is 0.403. The van der Waals surface area contributed by atoms with Crippen molar-refractivity contribution in [1.29, 1.82) is 0 Å². The van der Waals surface area contributed by atoms with Crippen molar-refractivity contribution < 1.29 is 9.13 Å². The molecular formula is C10H9FN2OS. The van der Waals surface area contributed by atoms with Crippen molar-refractivity contribution in [2.24, 2.45) is 0 Å². The van der Waals surface area contributed by atoms with Crippen molar-refractivity contribution in [3.8, 4) is 5.75 Å². The minimum Gasteiger partial charge on any atom is -0.488 e. The SMILES string of the molecule is Nc1cc(COc2ccc(F)cc2)sn1. The first kappa shape index (κ1) is 9.92. The Morgan fingerprint density at radius 3 is 2.67 bits per heavy atom. The number of ether oxygens (including phenoxy) is 1. The summed E-state index contributed by atoms with van der Waals surface area (Å²) in [4.78, 5) is 0.942. The van der Waals surface area contributed by atoms with Gasteiger partial charge in [0.15, 0.2) is 0 Å². The molecule has 0 fully saturated rings. The highest BCUT2D eigenvalue weighted by Gasteiger charge is 2.00.